The zero-order valence-corrected chi connectivity index (χ0v) is 13.7. The molecule has 2 amide bonds. The molecule has 0 bridgehead atoms. The summed E-state index contributed by atoms with van der Waals surface area (Å²) in [6, 6.07) is 2.83. The number of hydrogen-bond donors (Lipinski definition) is 3. The molecular weight excluding hydrogens is 294 g/mol. The Bertz CT molecular complexity index is 550. The van der Waals surface area contributed by atoms with E-state index in [1.165, 1.54) is 6.20 Å². The van der Waals surface area contributed by atoms with Crippen molar-refractivity contribution in [3.8, 4) is 0 Å². The van der Waals surface area contributed by atoms with Crippen LogP contribution in [0.5, 0.6) is 0 Å². The first-order valence-corrected chi connectivity index (χ1v) is 7.95. The molecule has 7 heteroatoms. The maximum absolute atomic E-state index is 12.2. The maximum Gasteiger partial charge on any atom is 0.270 e. The van der Waals surface area contributed by atoms with Crippen LogP contribution < -0.4 is 16.8 Å². The molecule has 1 saturated heterocycles. The van der Waals surface area contributed by atoms with Crippen LogP contribution >= 0.6 is 0 Å². The predicted molar refractivity (Wildman–Crippen MR) is 88.5 cm³/mol. The Labute approximate surface area is 136 Å². The summed E-state index contributed by atoms with van der Waals surface area (Å²) in [5.41, 5.74) is 12.1. The number of piperidine rings is 1. The van der Waals surface area contributed by atoms with E-state index in [-0.39, 0.29) is 17.9 Å². The summed E-state index contributed by atoms with van der Waals surface area (Å²) in [6.45, 7) is 5.07. The quantitative estimate of drug-likeness (QED) is 0.741. The lowest BCUT2D eigenvalue weighted by molar-refractivity contribution is -0.133. The first-order valence-electron chi connectivity index (χ1n) is 7.95. The highest BCUT2D eigenvalue weighted by molar-refractivity contribution is 5.92. The minimum absolute atomic E-state index is 0.00814. The van der Waals surface area contributed by atoms with E-state index in [2.05, 4.69) is 10.3 Å². The lowest BCUT2D eigenvalue weighted by Gasteiger charge is -2.35. The van der Waals surface area contributed by atoms with Crippen LogP contribution in [0, 0.1) is 5.92 Å². The van der Waals surface area contributed by atoms with Gasteiger partial charge in [0.15, 0.2) is 0 Å². The Morgan fingerprint density at radius 3 is 2.48 bits per heavy atom. The van der Waals surface area contributed by atoms with E-state index in [1.807, 2.05) is 6.92 Å². The van der Waals surface area contributed by atoms with Gasteiger partial charge in [0.1, 0.15) is 5.69 Å². The van der Waals surface area contributed by atoms with Crippen LogP contribution in [-0.2, 0) is 4.79 Å². The normalized spacial score (nSPS) is 18.3. The Morgan fingerprint density at radius 1 is 1.30 bits per heavy atom. The number of nitrogen functional groups attached to an aromatic ring is 1. The van der Waals surface area contributed by atoms with Crippen molar-refractivity contribution >= 4 is 17.5 Å². The fourth-order valence-corrected chi connectivity index (χ4v) is 2.85. The number of aromatic nitrogens is 1. The summed E-state index contributed by atoms with van der Waals surface area (Å²) in [6.07, 6.45) is 3.18. The molecule has 0 spiro atoms. The van der Waals surface area contributed by atoms with E-state index >= 15 is 0 Å². The largest absolute Gasteiger partial charge is 0.397 e. The molecule has 126 valence electrons. The lowest BCUT2D eigenvalue weighted by Crippen LogP contribution is -2.49. The molecule has 2 atom stereocenters. The standard InChI is InChI=1S/C16H25N5O2/c1-10(17)16(23)21-7-5-12(6-8-21)11(2)20-15(22)14-4-3-13(18)9-19-14/h3-4,9-12H,5-8,17-18H2,1-2H3,(H,20,22). The average molecular weight is 319 g/mol. The molecule has 1 aromatic rings. The van der Waals surface area contributed by atoms with E-state index in [9.17, 15) is 9.59 Å². The number of carbonyl (C=O) groups excluding carboxylic acids is 2. The second-order valence-corrected chi connectivity index (χ2v) is 6.19. The van der Waals surface area contributed by atoms with E-state index in [0.29, 0.717) is 30.4 Å². The van der Waals surface area contributed by atoms with Crippen molar-refractivity contribution in [2.75, 3.05) is 18.8 Å². The number of rotatable bonds is 4. The van der Waals surface area contributed by atoms with Crippen molar-refractivity contribution in [2.24, 2.45) is 11.7 Å². The van der Waals surface area contributed by atoms with Crippen LogP contribution in [0.15, 0.2) is 18.3 Å². The van der Waals surface area contributed by atoms with Crippen molar-refractivity contribution < 1.29 is 9.59 Å². The van der Waals surface area contributed by atoms with Crippen LogP contribution in [-0.4, -0.2) is 46.9 Å². The van der Waals surface area contributed by atoms with Crippen LogP contribution in [0.4, 0.5) is 5.69 Å². The van der Waals surface area contributed by atoms with E-state index in [0.717, 1.165) is 12.8 Å². The van der Waals surface area contributed by atoms with E-state index in [1.54, 1.807) is 24.0 Å². The minimum atomic E-state index is -0.458. The lowest BCUT2D eigenvalue weighted by atomic mass is 9.90. The molecule has 1 aromatic heterocycles. The number of nitrogens with zero attached hydrogens (tertiary/aromatic N) is 2. The topological polar surface area (TPSA) is 114 Å². The first-order chi connectivity index (χ1) is 10.9. The van der Waals surface area contributed by atoms with Gasteiger partial charge >= 0.3 is 0 Å². The Morgan fingerprint density at radius 2 is 1.96 bits per heavy atom. The van der Waals surface area contributed by atoms with Gasteiger partial charge in [-0.15, -0.1) is 0 Å². The smallest absolute Gasteiger partial charge is 0.270 e. The zero-order chi connectivity index (χ0) is 17.0. The van der Waals surface area contributed by atoms with E-state index in [4.69, 9.17) is 11.5 Å². The summed E-state index contributed by atoms with van der Waals surface area (Å²) in [5.74, 6) is 0.127. The average Bonchev–Trinajstić information content (AvgIpc) is 2.54. The van der Waals surface area contributed by atoms with E-state index < -0.39 is 6.04 Å². The predicted octanol–water partition coefficient (Wildman–Crippen LogP) is 0.368. The second-order valence-electron chi connectivity index (χ2n) is 6.19. The van der Waals surface area contributed by atoms with Gasteiger partial charge in [0.2, 0.25) is 5.91 Å². The first kappa shape index (κ1) is 17.2. The molecule has 2 rings (SSSR count). The fourth-order valence-electron chi connectivity index (χ4n) is 2.85. The van der Waals surface area contributed by atoms with Gasteiger partial charge < -0.3 is 21.7 Å². The number of hydrogen-bond acceptors (Lipinski definition) is 5. The van der Waals surface area contributed by atoms with Gasteiger partial charge in [-0.05, 0) is 44.7 Å². The van der Waals surface area contributed by atoms with Gasteiger partial charge in [0, 0.05) is 19.1 Å². The monoisotopic (exact) mass is 319 g/mol. The summed E-state index contributed by atoms with van der Waals surface area (Å²) in [5, 5.41) is 2.98. The Hall–Kier alpha value is -2.15. The van der Waals surface area contributed by atoms with Crippen LogP contribution in [0.3, 0.4) is 0 Å². The molecule has 2 heterocycles. The summed E-state index contributed by atoms with van der Waals surface area (Å²) in [4.78, 5) is 29.9. The molecule has 5 N–H and O–H groups in total. The highest BCUT2D eigenvalue weighted by Crippen LogP contribution is 2.21. The molecule has 2 unspecified atom stereocenters. The molecule has 1 fully saturated rings. The summed E-state index contributed by atoms with van der Waals surface area (Å²) in [7, 11) is 0. The highest BCUT2D eigenvalue weighted by atomic mass is 16.2. The SMILES string of the molecule is CC(N)C(=O)N1CCC(C(C)NC(=O)c2ccc(N)cn2)CC1. The van der Waals surface area contributed by atoms with Crippen molar-refractivity contribution in [2.45, 2.75) is 38.8 Å². The number of nitrogens with two attached hydrogens (primary N) is 2. The van der Waals surface area contributed by atoms with Crippen molar-refractivity contribution in [3.63, 3.8) is 0 Å². The van der Waals surface area contributed by atoms with Crippen molar-refractivity contribution in [3.05, 3.63) is 24.0 Å². The molecule has 23 heavy (non-hydrogen) atoms. The van der Waals surface area contributed by atoms with Gasteiger partial charge in [0.05, 0.1) is 17.9 Å². The molecule has 0 saturated carbocycles. The Kier molecular flexibility index (Phi) is 5.54. The molecule has 0 radical (unpaired) electrons. The molecule has 1 aliphatic rings. The molecule has 0 aliphatic carbocycles. The Balaban J connectivity index is 1.85. The number of anilines is 1. The molecule has 7 nitrogen and oxygen atoms in total. The number of nitrogens with one attached hydrogen (secondary N) is 1. The van der Waals surface area contributed by atoms with Gasteiger partial charge in [0.25, 0.3) is 5.91 Å². The number of amides is 2. The molecule has 0 aromatic carbocycles. The minimum Gasteiger partial charge on any atom is -0.397 e. The highest BCUT2D eigenvalue weighted by Gasteiger charge is 2.28. The van der Waals surface area contributed by atoms with Crippen molar-refractivity contribution in [1.82, 2.24) is 15.2 Å². The number of carbonyl (C=O) groups is 2. The number of pyridine rings is 1. The summed E-state index contributed by atoms with van der Waals surface area (Å²) >= 11 is 0. The van der Waals surface area contributed by atoms with Crippen LogP contribution in [0.1, 0.15) is 37.2 Å². The zero-order valence-electron chi connectivity index (χ0n) is 13.7. The number of likely N-dealkylation sites (tertiary alicyclic amines) is 1. The maximum atomic E-state index is 12.2. The fraction of sp³-hybridized carbons (Fsp3) is 0.562. The molecule has 1 aliphatic heterocycles. The third-order valence-corrected chi connectivity index (χ3v) is 4.33. The van der Waals surface area contributed by atoms with Crippen LogP contribution in [0.2, 0.25) is 0 Å². The molecular formula is C16H25N5O2. The van der Waals surface area contributed by atoms with Crippen molar-refractivity contribution in [1.29, 1.82) is 0 Å². The van der Waals surface area contributed by atoms with Crippen LogP contribution in [0.25, 0.3) is 0 Å². The third kappa shape index (κ3) is 4.41. The van der Waals surface area contributed by atoms with Gasteiger partial charge in [-0.3, -0.25) is 9.59 Å². The van der Waals surface area contributed by atoms with Gasteiger partial charge in [-0.25, -0.2) is 4.98 Å². The van der Waals surface area contributed by atoms with Gasteiger partial charge in [-0.1, -0.05) is 0 Å². The summed E-state index contributed by atoms with van der Waals surface area (Å²) < 4.78 is 0. The second kappa shape index (κ2) is 7.41. The van der Waals surface area contributed by atoms with Gasteiger partial charge in [-0.2, -0.15) is 0 Å². The third-order valence-electron chi connectivity index (χ3n) is 4.33.